The minimum atomic E-state index is -0.457. The highest BCUT2D eigenvalue weighted by molar-refractivity contribution is 8.00. The number of carbonyl (C=O) groups excluding carboxylic acids is 2. The molecule has 3 saturated heterocycles. The Bertz CT molecular complexity index is 374. The zero-order valence-corrected chi connectivity index (χ0v) is 11.5. The van der Waals surface area contributed by atoms with Gasteiger partial charge in [0.25, 0.3) is 0 Å². The largest absolute Gasteiger partial charge is 0.347 e. The van der Waals surface area contributed by atoms with Gasteiger partial charge >= 0.3 is 0 Å². The maximum atomic E-state index is 12.3. The molecule has 0 aliphatic carbocycles. The fraction of sp³-hybridized carbons (Fsp3) is 0.833. The summed E-state index contributed by atoms with van der Waals surface area (Å²) in [6, 6.07) is -0.370. The van der Waals surface area contributed by atoms with E-state index in [1.165, 1.54) is 11.8 Å². The van der Waals surface area contributed by atoms with Crippen LogP contribution in [-0.4, -0.2) is 66.4 Å². The molecule has 3 rings (SSSR count). The number of carbonyl (C=O) groups is 2. The van der Waals surface area contributed by atoms with E-state index >= 15 is 0 Å². The first-order chi connectivity index (χ1) is 9.19. The van der Waals surface area contributed by atoms with Crippen LogP contribution in [0.15, 0.2) is 0 Å². The van der Waals surface area contributed by atoms with Crippen LogP contribution in [0.3, 0.4) is 0 Å². The second kappa shape index (κ2) is 5.30. The Balaban J connectivity index is 1.55. The molecule has 7 heteroatoms. The van der Waals surface area contributed by atoms with Gasteiger partial charge in [-0.15, -0.1) is 11.8 Å². The number of likely N-dealkylation sites (tertiary alicyclic amines) is 1. The van der Waals surface area contributed by atoms with Crippen molar-refractivity contribution in [3.05, 3.63) is 0 Å². The van der Waals surface area contributed by atoms with E-state index in [2.05, 4.69) is 5.32 Å². The third-order valence-electron chi connectivity index (χ3n) is 3.80. The summed E-state index contributed by atoms with van der Waals surface area (Å²) in [5.74, 6) is 0.633. The lowest BCUT2D eigenvalue weighted by atomic mass is 10.0. The second-order valence-electron chi connectivity index (χ2n) is 5.07. The van der Waals surface area contributed by atoms with E-state index in [1.54, 1.807) is 0 Å². The Labute approximate surface area is 116 Å². The van der Waals surface area contributed by atoms with Crippen molar-refractivity contribution in [1.29, 1.82) is 0 Å². The fourth-order valence-corrected chi connectivity index (χ4v) is 3.60. The molecular weight excluding hydrogens is 268 g/mol. The molecule has 0 radical (unpaired) electrons. The first-order valence-electron chi connectivity index (χ1n) is 6.62. The summed E-state index contributed by atoms with van der Waals surface area (Å²) < 4.78 is 11.3. The van der Waals surface area contributed by atoms with Crippen molar-refractivity contribution in [2.75, 3.05) is 37.8 Å². The molecule has 0 bridgehead atoms. The average molecular weight is 286 g/mol. The molecule has 6 nitrogen and oxygen atoms in total. The minimum absolute atomic E-state index is 0.0217. The van der Waals surface area contributed by atoms with Gasteiger partial charge in [-0.25, -0.2) is 0 Å². The molecule has 2 amide bonds. The lowest BCUT2D eigenvalue weighted by molar-refractivity contribution is -0.187. The van der Waals surface area contributed by atoms with Crippen LogP contribution in [0.25, 0.3) is 0 Å². The predicted molar refractivity (Wildman–Crippen MR) is 69.7 cm³/mol. The molecule has 0 aromatic rings. The highest BCUT2D eigenvalue weighted by Gasteiger charge is 2.42. The van der Waals surface area contributed by atoms with Crippen molar-refractivity contribution in [2.24, 2.45) is 0 Å². The van der Waals surface area contributed by atoms with Gasteiger partial charge in [-0.1, -0.05) is 0 Å². The van der Waals surface area contributed by atoms with Crippen molar-refractivity contribution in [3.63, 3.8) is 0 Å². The van der Waals surface area contributed by atoms with Crippen LogP contribution in [0.2, 0.25) is 0 Å². The normalized spacial score (nSPS) is 30.4. The SMILES string of the molecule is O=C1CSCC(C(=O)N2CCC3(CC2)OCCO3)N1. The van der Waals surface area contributed by atoms with E-state index in [-0.39, 0.29) is 17.9 Å². The van der Waals surface area contributed by atoms with E-state index < -0.39 is 5.79 Å². The predicted octanol–water partition coefficient (Wildman–Crippen LogP) is -0.416. The number of rotatable bonds is 1. The number of nitrogens with zero attached hydrogens (tertiary/aromatic N) is 1. The summed E-state index contributed by atoms with van der Waals surface area (Å²) in [6.07, 6.45) is 1.43. The average Bonchev–Trinajstić information content (AvgIpc) is 2.87. The summed E-state index contributed by atoms with van der Waals surface area (Å²) >= 11 is 1.51. The second-order valence-corrected chi connectivity index (χ2v) is 6.10. The smallest absolute Gasteiger partial charge is 0.246 e. The van der Waals surface area contributed by atoms with Crippen molar-refractivity contribution >= 4 is 23.6 Å². The number of amides is 2. The van der Waals surface area contributed by atoms with Crippen LogP contribution in [-0.2, 0) is 19.1 Å². The summed E-state index contributed by atoms with van der Waals surface area (Å²) in [4.78, 5) is 25.5. The quantitative estimate of drug-likeness (QED) is 0.709. The van der Waals surface area contributed by atoms with Gasteiger partial charge in [-0.3, -0.25) is 9.59 Å². The molecule has 1 N–H and O–H groups in total. The zero-order valence-electron chi connectivity index (χ0n) is 10.7. The molecule has 0 aromatic carbocycles. The van der Waals surface area contributed by atoms with Crippen LogP contribution >= 0.6 is 11.8 Å². The first-order valence-corrected chi connectivity index (χ1v) is 7.78. The summed E-state index contributed by atoms with van der Waals surface area (Å²) in [7, 11) is 0. The van der Waals surface area contributed by atoms with Crippen LogP contribution in [0.5, 0.6) is 0 Å². The molecule has 3 heterocycles. The lowest BCUT2D eigenvalue weighted by Crippen LogP contribution is -2.56. The van der Waals surface area contributed by atoms with Crippen molar-refractivity contribution in [3.8, 4) is 0 Å². The van der Waals surface area contributed by atoms with Gasteiger partial charge in [0.1, 0.15) is 6.04 Å². The number of hydrogen-bond acceptors (Lipinski definition) is 5. The molecular formula is C12H18N2O4S. The molecule has 0 aromatic heterocycles. The number of ether oxygens (including phenoxy) is 2. The fourth-order valence-electron chi connectivity index (χ4n) is 2.75. The lowest BCUT2D eigenvalue weighted by Gasteiger charge is -2.39. The van der Waals surface area contributed by atoms with Gasteiger partial charge in [-0.05, 0) is 0 Å². The Kier molecular flexibility index (Phi) is 3.68. The van der Waals surface area contributed by atoms with Crippen LogP contribution in [0.1, 0.15) is 12.8 Å². The summed E-state index contributed by atoms with van der Waals surface area (Å²) in [5, 5.41) is 2.76. The maximum Gasteiger partial charge on any atom is 0.246 e. The molecule has 0 saturated carbocycles. The number of hydrogen-bond donors (Lipinski definition) is 1. The van der Waals surface area contributed by atoms with E-state index in [9.17, 15) is 9.59 Å². The Hall–Kier alpha value is -0.790. The zero-order chi connectivity index (χ0) is 13.3. The van der Waals surface area contributed by atoms with Crippen molar-refractivity contribution in [1.82, 2.24) is 10.2 Å². The Morgan fingerprint density at radius 2 is 2.00 bits per heavy atom. The van der Waals surface area contributed by atoms with Crippen molar-refractivity contribution in [2.45, 2.75) is 24.7 Å². The highest BCUT2D eigenvalue weighted by atomic mass is 32.2. The van der Waals surface area contributed by atoms with Crippen molar-refractivity contribution < 1.29 is 19.1 Å². The van der Waals surface area contributed by atoms with Gasteiger partial charge in [-0.2, -0.15) is 0 Å². The number of piperidine rings is 1. The van der Waals surface area contributed by atoms with Gasteiger partial charge < -0.3 is 19.7 Å². The summed E-state index contributed by atoms with van der Waals surface area (Å²) in [6.45, 7) is 2.55. The first kappa shape index (κ1) is 13.2. The van der Waals surface area contributed by atoms with Gasteiger partial charge in [0.2, 0.25) is 11.8 Å². The standard InChI is InChI=1S/C12H18N2O4S/c15-10-8-19-7-9(13-10)11(16)14-3-1-12(2-4-14)17-5-6-18-12/h9H,1-8H2,(H,13,15). The van der Waals surface area contributed by atoms with E-state index in [0.717, 1.165) is 0 Å². The monoisotopic (exact) mass is 286 g/mol. The van der Waals surface area contributed by atoms with Gasteiger partial charge in [0.15, 0.2) is 5.79 Å². The molecule has 1 spiro atoms. The molecule has 19 heavy (non-hydrogen) atoms. The van der Waals surface area contributed by atoms with Crippen LogP contribution < -0.4 is 5.32 Å². The van der Waals surface area contributed by atoms with Gasteiger partial charge in [0, 0.05) is 31.7 Å². The molecule has 1 unspecified atom stereocenters. The highest BCUT2D eigenvalue weighted by Crippen LogP contribution is 2.31. The maximum absolute atomic E-state index is 12.3. The van der Waals surface area contributed by atoms with Crippen LogP contribution in [0, 0.1) is 0 Å². The molecule has 3 fully saturated rings. The summed E-state index contributed by atoms with van der Waals surface area (Å²) in [5.41, 5.74) is 0. The Morgan fingerprint density at radius 3 is 2.63 bits per heavy atom. The number of nitrogens with one attached hydrogen (secondary N) is 1. The third-order valence-corrected chi connectivity index (χ3v) is 4.84. The van der Waals surface area contributed by atoms with E-state index in [1.807, 2.05) is 4.90 Å². The van der Waals surface area contributed by atoms with E-state index in [0.29, 0.717) is 50.7 Å². The number of thioether (sulfide) groups is 1. The molecule has 3 aliphatic rings. The minimum Gasteiger partial charge on any atom is -0.347 e. The van der Waals surface area contributed by atoms with Crippen LogP contribution in [0.4, 0.5) is 0 Å². The third kappa shape index (κ3) is 2.73. The molecule has 3 aliphatic heterocycles. The Morgan fingerprint density at radius 1 is 1.32 bits per heavy atom. The topological polar surface area (TPSA) is 67.9 Å². The van der Waals surface area contributed by atoms with Gasteiger partial charge in [0.05, 0.1) is 19.0 Å². The molecule has 106 valence electrons. The molecule has 1 atom stereocenters. The van der Waals surface area contributed by atoms with E-state index in [4.69, 9.17) is 9.47 Å².